The molecule has 0 aliphatic carbocycles. The van der Waals surface area contributed by atoms with Crippen molar-refractivity contribution in [1.29, 1.82) is 0 Å². The maximum absolute atomic E-state index is 13.4. The van der Waals surface area contributed by atoms with Gasteiger partial charge in [-0.1, -0.05) is 24.6 Å². The smallest absolute Gasteiger partial charge is 0.123 e. The lowest BCUT2D eigenvalue weighted by molar-refractivity contribution is 0.602. The molecule has 94 valence electrons. The fourth-order valence-corrected chi connectivity index (χ4v) is 2.12. The molecule has 2 nitrogen and oxygen atoms in total. The van der Waals surface area contributed by atoms with Crippen LogP contribution in [0.2, 0.25) is 5.02 Å². The van der Waals surface area contributed by atoms with E-state index in [0.717, 1.165) is 17.7 Å². The van der Waals surface area contributed by atoms with E-state index in [1.54, 1.807) is 18.5 Å². The van der Waals surface area contributed by atoms with Gasteiger partial charge in [0.2, 0.25) is 0 Å². The Morgan fingerprint density at radius 1 is 1.39 bits per heavy atom. The first-order valence-electron chi connectivity index (χ1n) is 5.80. The minimum absolute atomic E-state index is 0.146. The molecular formula is C14H14ClFN2. The lowest BCUT2D eigenvalue weighted by Crippen LogP contribution is -2.22. The highest BCUT2D eigenvalue weighted by atomic mass is 35.5. The van der Waals surface area contributed by atoms with Crippen molar-refractivity contribution < 1.29 is 4.39 Å². The molecule has 0 aliphatic rings. The Balaban J connectivity index is 2.44. The SMILES string of the molecule is CCNC(c1cccnc1)c1cc(F)ccc1Cl. The van der Waals surface area contributed by atoms with Gasteiger partial charge in [0.15, 0.2) is 0 Å². The molecule has 1 N–H and O–H groups in total. The molecule has 0 amide bonds. The molecule has 1 aromatic heterocycles. The van der Waals surface area contributed by atoms with E-state index in [4.69, 9.17) is 11.6 Å². The fraction of sp³-hybridized carbons (Fsp3) is 0.214. The van der Waals surface area contributed by atoms with Gasteiger partial charge in [-0.05, 0) is 41.9 Å². The van der Waals surface area contributed by atoms with E-state index >= 15 is 0 Å². The monoisotopic (exact) mass is 264 g/mol. The summed E-state index contributed by atoms with van der Waals surface area (Å²) in [5, 5.41) is 3.84. The number of nitrogens with zero attached hydrogens (tertiary/aromatic N) is 1. The van der Waals surface area contributed by atoms with Crippen molar-refractivity contribution in [3.63, 3.8) is 0 Å². The highest BCUT2D eigenvalue weighted by molar-refractivity contribution is 6.31. The summed E-state index contributed by atoms with van der Waals surface area (Å²) in [4.78, 5) is 4.09. The van der Waals surface area contributed by atoms with Crippen molar-refractivity contribution in [3.8, 4) is 0 Å². The van der Waals surface area contributed by atoms with E-state index < -0.39 is 0 Å². The van der Waals surface area contributed by atoms with Crippen molar-refractivity contribution in [2.75, 3.05) is 6.54 Å². The summed E-state index contributed by atoms with van der Waals surface area (Å²) in [6, 6.07) is 8.05. The van der Waals surface area contributed by atoms with Gasteiger partial charge in [-0.3, -0.25) is 4.98 Å². The normalized spacial score (nSPS) is 12.4. The maximum Gasteiger partial charge on any atom is 0.123 e. The van der Waals surface area contributed by atoms with Crippen LogP contribution in [0.4, 0.5) is 4.39 Å². The topological polar surface area (TPSA) is 24.9 Å². The third kappa shape index (κ3) is 2.86. The Kier molecular flexibility index (Phi) is 4.28. The van der Waals surface area contributed by atoms with Crippen LogP contribution in [0.1, 0.15) is 24.1 Å². The average Bonchev–Trinajstić information content (AvgIpc) is 2.40. The first-order chi connectivity index (χ1) is 8.72. The third-order valence-electron chi connectivity index (χ3n) is 2.70. The molecule has 2 aromatic rings. The zero-order valence-corrected chi connectivity index (χ0v) is 10.8. The summed E-state index contributed by atoms with van der Waals surface area (Å²) in [6.07, 6.45) is 3.47. The summed E-state index contributed by atoms with van der Waals surface area (Å²) in [6.45, 7) is 2.75. The van der Waals surface area contributed by atoms with Gasteiger partial charge in [0, 0.05) is 17.4 Å². The molecule has 1 unspecified atom stereocenters. The Labute approximate surface area is 111 Å². The van der Waals surface area contributed by atoms with Crippen molar-refractivity contribution in [2.45, 2.75) is 13.0 Å². The third-order valence-corrected chi connectivity index (χ3v) is 3.04. The second kappa shape index (κ2) is 5.94. The number of pyridine rings is 1. The number of aromatic nitrogens is 1. The molecular weight excluding hydrogens is 251 g/mol. The maximum atomic E-state index is 13.4. The summed E-state index contributed by atoms with van der Waals surface area (Å²) >= 11 is 6.15. The van der Waals surface area contributed by atoms with Gasteiger partial charge in [-0.2, -0.15) is 0 Å². The largest absolute Gasteiger partial charge is 0.306 e. The van der Waals surface area contributed by atoms with Crippen LogP contribution in [0.25, 0.3) is 0 Å². The molecule has 1 atom stereocenters. The first kappa shape index (κ1) is 13.0. The predicted molar refractivity (Wildman–Crippen MR) is 71.2 cm³/mol. The van der Waals surface area contributed by atoms with Gasteiger partial charge in [-0.15, -0.1) is 0 Å². The second-order valence-corrected chi connectivity index (χ2v) is 4.35. The molecule has 0 bridgehead atoms. The standard InChI is InChI=1S/C14H14ClFN2/c1-2-18-14(10-4-3-7-17-9-10)12-8-11(16)5-6-13(12)15/h3-9,14,18H,2H2,1H3. The summed E-state index contributed by atoms with van der Waals surface area (Å²) in [5.41, 5.74) is 1.69. The first-order valence-corrected chi connectivity index (χ1v) is 6.18. The van der Waals surface area contributed by atoms with Crippen LogP contribution in [-0.2, 0) is 0 Å². The summed E-state index contributed by atoms with van der Waals surface area (Å²) in [7, 11) is 0. The highest BCUT2D eigenvalue weighted by Crippen LogP contribution is 2.28. The van der Waals surface area contributed by atoms with Gasteiger partial charge >= 0.3 is 0 Å². The van der Waals surface area contributed by atoms with Gasteiger partial charge < -0.3 is 5.32 Å². The zero-order chi connectivity index (χ0) is 13.0. The number of halogens is 2. The van der Waals surface area contributed by atoms with E-state index in [1.807, 2.05) is 19.1 Å². The van der Waals surface area contributed by atoms with Crippen molar-refractivity contribution >= 4 is 11.6 Å². The average molecular weight is 265 g/mol. The summed E-state index contributed by atoms with van der Waals surface area (Å²) in [5.74, 6) is -0.291. The number of rotatable bonds is 4. The van der Waals surface area contributed by atoms with Gasteiger partial charge in [0.1, 0.15) is 5.82 Å². The number of nitrogens with one attached hydrogen (secondary N) is 1. The van der Waals surface area contributed by atoms with E-state index in [-0.39, 0.29) is 11.9 Å². The van der Waals surface area contributed by atoms with Gasteiger partial charge in [0.05, 0.1) is 6.04 Å². The summed E-state index contributed by atoms with van der Waals surface area (Å²) < 4.78 is 13.4. The van der Waals surface area contributed by atoms with E-state index in [1.165, 1.54) is 12.1 Å². The molecule has 0 saturated carbocycles. The van der Waals surface area contributed by atoms with E-state index in [0.29, 0.717) is 5.02 Å². The van der Waals surface area contributed by atoms with Gasteiger partial charge in [0.25, 0.3) is 0 Å². The molecule has 0 saturated heterocycles. The molecule has 1 heterocycles. The van der Waals surface area contributed by atoms with Crippen LogP contribution in [0.3, 0.4) is 0 Å². The van der Waals surface area contributed by atoms with E-state index in [9.17, 15) is 4.39 Å². The predicted octanol–water partition coefficient (Wildman–Crippen LogP) is 3.57. The quantitative estimate of drug-likeness (QED) is 0.913. The lowest BCUT2D eigenvalue weighted by atomic mass is 10.00. The minimum Gasteiger partial charge on any atom is -0.306 e. The minimum atomic E-state index is -0.291. The van der Waals surface area contributed by atoms with Crippen LogP contribution in [0, 0.1) is 5.82 Å². The zero-order valence-electron chi connectivity index (χ0n) is 10.0. The molecule has 0 aliphatic heterocycles. The van der Waals surface area contributed by atoms with Gasteiger partial charge in [-0.25, -0.2) is 4.39 Å². The van der Waals surface area contributed by atoms with Crippen molar-refractivity contribution in [1.82, 2.24) is 10.3 Å². The van der Waals surface area contributed by atoms with Crippen LogP contribution in [0.5, 0.6) is 0 Å². The molecule has 2 rings (SSSR count). The molecule has 18 heavy (non-hydrogen) atoms. The highest BCUT2D eigenvalue weighted by Gasteiger charge is 2.16. The number of benzene rings is 1. The Morgan fingerprint density at radius 3 is 2.89 bits per heavy atom. The van der Waals surface area contributed by atoms with Crippen molar-refractivity contribution in [2.24, 2.45) is 0 Å². The molecule has 1 aromatic carbocycles. The van der Waals surface area contributed by atoms with Crippen LogP contribution >= 0.6 is 11.6 Å². The van der Waals surface area contributed by atoms with Crippen LogP contribution < -0.4 is 5.32 Å². The molecule has 0 spiro atoms. The van der Waals surface area contributed by atoms with E-state index in [2.05, 4.69) is 10.3 Å². The Bertz CT molecular complexity index is 516. The molecule has 0 fully saturated rings. The number of hydrogen-bond donors (Lipinski definition) is 1. The fourth-order valence-electron chi connectivity index (χ4n) is 1.89. The van der Waals surface area contributed by atoms with Crippen LogP contribution in [-0.4, -0.2) is 11.5 Å². The molecule has 0 radical (unpaired) electrons. The van der Waals surface area contributed by atoms with Crippen LogP contribution in [0.15, 0.2) is 42.7 Å². The second-order valence-electron chi connectivity index (χ2n) is 3.94. The molecule has 4 heteroatoms. The Hall–Kier alpha value is -1.45. The van der Waals surface area contributed by atoms with Crippen molar-refractivity contribution in [3.05, 3.63) is 64.7 Å². The lowest BCUT2D eigenvalue weighted by Gasteiger charge is -2.19. The Morgan fingerprint density at radius 2 is 2.22 bits per heavy atom. The number of hydrogen-bond acceptors (Lipinski definition) is 2.